The van der Waals surface area contributed by atoms with E-state index < -0.39 is 24.0 Å². The fourth-order valence-corrected chi connectivity index (χ4v) is 10.5. The maximum absolute atomic E-state index is 13.3. The van der Waals surface area contributed by atoms with Crippen LogP contribution in [0.1, 0.15) is 74.0 Å². The summed E-state index contributed by atoms with van der Waals surface area (Å²) in [5.41, 5.74) is 3.83. The minimum Gasteiger partial charge on any atom is -0.367 e. The topological polar surface area (TPSA) is 182 Å². The number of anilines is 2. The van der Waals surface area contributed by atoms with E-state index in [2.05, 4.69) is 52.3 Å². The van der Waals surface area contributed by atoms with Crippen LogP contribution in [-0.2, 0) is 48.1 Å². The third-order valence-electron chi connectivity index (χ3n) is 13.5. The molecule has 10 rings (SSSR count). The Morgan fingerprint density at radius 1 is 0.614 bits per heavy atom. The molecule has 70 heavy (non-hydrogen) atoms. The molecular formula is C46H42Cl2F6N14O2. The Kier molecular flexibility index (Phi) is 13.0. The molecule has 16 nitrogen and oxygen atoms in total. The van der Waals surface area contributed by atoms with E-state index in [1.807, 2.05) is 26.0 Å². The number of carbonyl (C=O) groups is 2. The van der Waals surface area contributed by atoms with Gasteiger partial charge in [-0.25, -0.2) is 0 Å². The van der Waals surface area contributed by atoms with E-state index in [9.17, 15) is 46.5 Å². The Balaban J connectivity index is 0.000000174. The summed E-state index contributed by atoms with van der Waals surface area (Å²) in [4.78, 5) is 42.7. The molecule has 0 aliphatic carbocycles. The Morgan fingerprint density at radius 3 is 1.37 bits per heavy atom. The Bertz CT molecular complexity index is 2900. The van der Waals surface area contributed by atoms with Gasteiger partial charge in [0.15, 0.2) is 11.6 Å². The lowest BCUT2D eigenvalue weighted by Crippen LogP contribution is -2.48. The smallest absolute Gasteiger partial charge is 0.367 e. The van der Waals surface area contributed by atoms with Gasteiger partial charge in [-0.15, -0.1) is 20.4 Å². The number of pyridine rings is 2. The van der Waals surface area contributed by atoms with Crippen LogP contribution >= 0.6 is 23.2 Å². The van der Waals surface area contributed by atoms with Crippen LogP contribution in [0.2, 0.25) is 10.0 Å². The monoisotopic (exact) mass is 1010 g/mol. The highest BCUT2D eigenvalue weighted by molar-refractivity contribution is 6.32. The summed E-state index contributed by atoms with van der Waals surface area (Å²) in [5, 5.41) is 36.0. The minimum absolute atomic E-state index is 0.00256. The third kappa shape index (κ3) is 9.21. The first-order valence-electron chi connectivity index (χ1n) is 22.4. The van der Waals surface area contributed by atoms with Crippen LogP contribution in [-0.4, -0.2) is 99.4 Å². The largest absolute Gasteiger partial charge is 0.451 e. The van der Waals surface area contributed by atoms with Crippen LogP contribution in [0.25, 0.3) is 21.8 Å². The van der Waals surface area contributed by atoms with Gasteiger partial charge < -0.3 is 28.7 Å². The summed E-state index contributed by atoms with van der Waals surface area (Å²) < 4.78 is 80.7. The van der Waals surface area contributed by atoms with Crippen LogP contribution in [0.3, 0.4) is 0 Å². The van der Waals surface area contributed by atoms with Crippen molar-refractivity contribution in [1.29, 1.82) is 10.5 Å². The van der Waals surface area contributed by atoms with E-state index in [-0.39, 0.29) is 86.7 Å². The van der Waals surface area contributed by atoms with Gasteiger partial charge in [0.2, 0.25) is 23.5 Å². The average Bonchev–Trinajstić information content (AvgIpc) is 3.98. The van der Waals surface area contributed by atoms with Gasteiger partial charge in [-0.05, 0) is 75.9 Å². The van der Waals surface area contributed by atoms with Crippen LogP contribution in [0.15, 0.2) is 48.8 Å². The first kappa shape index (κ1) is 48.3. The van der Waals surface area contributed by atoms with Crippen LogP contribution in [0.5, 0.6) is 0 Å². The normalized spacial score (nSPS) is 20.6. The Morgan fingerprint density at radius 2 is 1.01 bits per heavy atom. The minimum atomic E-state index is -4.58. The molecule has 24 heteroatoms. The zero-order chi connectivity index (χ0) is 49.8. The quantitative estimate of drug-likeness (QED) is 0.155. The summed E-state index contributed by atoms with van der Waals surface area (Å²) in [6.45, 7) is 5.45. The van der Waals surface area contributed by atoms with Crippen LogP contribution < -0.4 is 9.80 Å². The lowest BCUT2D eigenvalue weighted by atomic mass is 9.89. The van der Waals surface area contributed by atoms with Gasteiger partial charge in [0.25, 0.3) is 0 Å². The van der Waals surface area contributed by atoms with Crippen molar-refractivity contribution in [3.63, 3.8) is 0 Å². The molecular weight excluding hydrogens is 965 g/mol. The molecule has 4 aromatic heterocycles. The van der Waals surface area contributed by atoms with Gasteiger partial charge in [0.1, 0.15) is 12.1 Å². The zero-order valence-electron chi connectivity index (χ0n) is 37.5. The van der Waals surface area contributed by atoms with Gasteiger partial charge in [0.05, 0.1) is 46.6 Å². The molecule has 0 radical (unpaired) electrons. The van der Waals surface area contributed by atoms with Crippen molar-refractivity contribution in [1.82, 2.24) is 49.3 Å². The summed E-state index contributed by atoms with van der Waals surface area (Å²) in [5.74, 6) is -2.52. The van der Waals surface area contributed by atoms with E-state index >= 15 is 0 Å². The number of hydrogen-bond donors (Lipinski definition) is 0. The van der Waals surface area contributed by atoms with Crippen molar-refractivity contribution in [2.45, 2.75) is 90.1 Å². The van der Waals surface area contributed by atoms with Gasteiger partial charge in [-0.1, -0.05) is 23.2 Å². The van der Waals surface area contributed by atoms with E-state index in [0.29, 0.717) is 59.9 Å². The number of rotatable bonds is 4. The van der Waals surface area contributed by atoms with Gasteiger partial charge in [-0.2, -0.15) is 36.9 Å². The number of benzene rings is 2. The molecule has 4 atom stereocenters. The van der Waals surface area contributed by atoms with Crippen molar-refractivity contribution >= 4 is 68.2 Å². The lowest BCUT2D eigenvalue weighted by molar-refractivity contribution is -0.149. The standard InChI is InChI=1S/2C23H21ClF3N7O/c2*1-13-8-14(21(35)32-6-7-34-19(12-32)30-31-22(34)23(25,26)27)4-5-33(13)20-15(10-28)11-29-18-3-2-16(24)9-17(18)20/h2*2-3,9,11,13-14H,4-8,12H2,1H3/t2*13-,14-/m10/s1. The molecule has 8 heterocycles. The Labute approximate surface area is 406 Å². The van der Waals surface area contributed by atoms with Crippen molar-refractivity contribution in [2.75, 3.05) is 36.0 Å². The molecule has 2 fully saturated rings. The number of amides is 2. The summed E-state index contributed by atoms with van der Waals surface area (Å²) in [7, 11) is 0. The molecule has 0 spiro atoms. The number of hydrogen-bond acceptors (Lipinski definition) is 12. The van der Waals surface area contributed by atoms with Crippen molar-refractivity contribution in [2.24, 2.45) is 11.8 Å². The van der Waals surface area contributed by atoms with E-state index in [0.717, 1.165) is 42.3 Å². The van der Waals surface area contributed by atoms with Crippen LogP contribution in [0, 0.1) is 34.5 Å². The lowest BCUT2D eigenvalue weighted by Gasteiger charge is -2.41. The Hall–Kier alpha value is -6.78. The number of alkyl halides is 6. The fourth-order valence-electron chi connectivity index (χ4n) is 10.2. The highest BCUT2D eigenvalue weighted by atomic mass is 35.5. The van der Waals surface area contributed by atoms with E-state index in [1.54, 1.807) is 46.5 Å². The molecule has 0 saturated carbocycles. The molecule has 6 aromatic rings. The van der Waals surface area contributed by atoms with E-state index in [1.165, 1.54) is 0 Å². The highest BCUT2D eigenvalue weighted by Gasteiger charge is 2.43. The highest BCUT2D eigenvalue weighted by Crippen LogP contribution is 2.40. The first-order chi connectivity index (χ1) is 33.3. The summed E-state index contributed by atoms with van der Waals surface area (Å²) in [6, 6.07) is 15.0. The number of piperidine rings is 2. The molecule has 0 N–H and O–H groups in total. The fraction of sp³-hybridized carbons (Fsp3) is 0.435. The summed E-state index contributed by atoms with van der Waals surface area (Å²) >= 11 is 12.4. The maximum Gasteiger partial charge on any atom is 0.451 e. The SMILES string of the molecule is C[C@@H]1C[C@H](C(=O)N2CCn3c(nnc3C(F)(F)F)C2)CCN1c1c(C#N)cnc2ccc(Cl)cc12.C[C@H]1C[C@@H](C(=O)N2CCn3c(nnc3C(F)(F)F)C2)CCN1c1c(C#N)cnc2ccc(Cl)cc12. The zero-order valence-corrected chi connectivity index (χ0v) is 39.0. The molecule has 2 amide bonds. The second kappa shape index (κ2) is 18.9. The number of carbonyl (C=O) groups excluding carboxylic acids is 2. The first-order valence-corrected chi connectivity index (χ1v) is 23.2. The summed E-state index contributed by atoms with van der Waals surface area (Å²) in [6.07, 6.45) is -3.86. The number of nitrogens with zero attached hydrogens (tertiary/aromatic N) is 14. The average molecular weight is 1010 g/mol. The predicted molar refractivity (Wildman–Crippen MR) is 243 cm³/mol. The number of fused-ring (bicyclic) bond motifs is 4. The van der Waals surface area contributed by atoms with Gasteiger partial charge in [0, 0.05) is 96.4 Å². The predicted octanol–water partition coefficient (Wildman–Crippen LogP) is 8.03. The van der Waals surface area contributed by atoms with Crippen LogP contribution in [0.4, 0.5) is 37.7 Å². The molecule has 2 aromatic carbocycles. The van der Waals surface area contributed by atoms with Crippen molar-refractivity contribution in [3.8, 4) is 12.1 Å². The van der Waals surface area contributed by atoms with Gasteiger partial charge in [-0.3, -0.25) is 19.6 Å². The second-order valence-electron chi connectivity index (χ2n) is 17.8. The number of aromatic nitrogens is 8. The number of halogens is 8. The molecule has 4 aliphatic heterocycles. The van der Waals surface area contributed by atoms with E-state index in [4.69, 9.17) is 23.2 Å². The molecule has 0 unspecified atom stereocenters. The molecule has 2 saturated heterocycles. The van der Waals surface area contributed by atoms with Gasteiger partial charge >= 0.3 is 12.4 Å². The maximum atomic E-state index is 13.3. The third-order valence-corrected chi connectivity index (χ3v) is 14.0. The molecule has 4 aliphatic rings. The van der Waals surface area contributed by atoms with Crippen molar-refractivity contribution < 1.29 is 35.9 Å². The molecule has 0 bridgehead atoms. The van der Waals surface area contributed by atoms with Crippen molar-refractivity contribution in [3.05, 3.63) is 93.3 Å². The molecule has 364 valence electrons. The second-order valence-corrected chi connectivity index (χ2v) is 18.7. The number of nitriles is 2.